The van der Waals surface area contributed by atoms with Crippen LogP contribution in [0.2, 0.25) is 0 Å². The Morgan fingerprint density at radius 1 is 1.16 bits per heavy atom. The summed E-state index contributed by atoms with van der Waals surface area (Å²) in [5, 5.41) is 4.47. The molecule has 1 aliphatic carbocycles. The van der Waals surface area contributed by atoms with Gasteiger partial charge in [-0.25, -0.2) is 4.68 Å². The molecule has 5 heteroatoms. The summed E-state index contributed by atoms with van der Waals surface area (Å²) in [5.41, 5.74) is 2.01. The first-order valence-corrected chi connectivity index (χ1v) is 6.19. The van der Waals surface area contributed by atoms with Gasteiger partial charge in [0, 0.05) is 11.6 Å². The van der Waals surface area contributed by atoms with Crippen LogP contribution in [-0.2, 0) is 6.18 Å². The fraction of sp³-hybridized carbons (Fsp3) is 0.357. The second kappa shape index (κ2) is 4.11. The molecule has 0 spiro atoms. The van der Waals surface area contributed by atoms with Gasteiger partial charge in [-0.05, 0) is 50.1 Å². The predicted octanol–water partition coefficient (Wildman–Crippen LogP) is 4.08. The second-order valence-electron chi connectivity index (χ2n) is 4.94. The number of alkyl halides is 3. The fourth-order valence-electron chi connectivity index (χ4n) is 2.13. The maximum atomic E-state index is 12.5. The minimum atomic E-state index is -4.29. The molecule has 1 aliphatic rings. The first-order chi connectivity index (χ1) is 8.95. The first kappa shape index (κ1) is 12.3. The normalized spacial score (nSPS) is 15.8. The number of benzene rings is 1. The van der Waals surface area contributed by atoms with Gasteiger partial charge in [-0.2, -0.15) is 18.3 Å². The molecule has 19 heavy (non-hydrogen) atoms. The molecule has 3 rings (SSSR count). The summed E-state index contributed by atoms with van der Waals surface area (Å²) in [5.74, 6) is 0.536. The molecule has 100 valence electrons. The van der Waals surface area contributed by atoms with Gasteiger partial charge in [0.05, 0.1) is 16.9 Å². The summed E-state index contributed by atoms with van der Waals surface area (Å²) in [6, 6.07) is 7.11. The van der Waals surface area contributed by atoms with E-state index in [2.05, 4.69) is 5.10 Å². The van der Waals surface area contributed by atoms with Crippen LogP contribution in [0.4, 0.5) is 13.2 Å². The quantitative estimate of drug-likeness (QED) is 0.801. The van der Waals surface area contributed by atoms with Crippen molar-refractivity contribution in [3.63, 3.8) is 0 Å². The lowest BCUT2D eigenvalue weighted by molar-refractivity contribution is -0.137. The number of rotatable bonds is 2. The molecular weight excluding hydrogens is 253 g/mol. The topological polar surface area (TPSA) is 17.8 Å². The number of halogens is 3. The third-order valence-corrected chi connectivity index (χ3v) is 3.34. The molecule has 0 atom stereocenters. The van der Waals surface area contributed by atoms with Crippen molar-refractivity contribution in [1.29, 1.82) is 0 Å². The maximum Gasteiger partial charge on any atom is 0.416 e. The minimum absolute atomic E-state index is 0.536. The van der Waals surface area contributed by atoms with Gasteiger partial charge < -0.3 is 0 Å². The molecule has 2 aromatic rings. The van der Waals surface area contributed by atoms with Gasteiger partial charge in [0.15, 0.2) is 0 Å². The van der Waals surface area contributed by atoms with Gasteiger partial charge in [0.2, 0.25) is 0 Å². The first-order valence-electron chi connectivity index (χ1n) is 6.19. The molecule has 1 aromatic heterocycles. The number of nitrogens with zero attached hydrogens (tertiary/aromatic N) is 2. The smallest absolute Gasteiger partial charge is 0.238 e. The van der Waals surface area contributed by atoms with E-state index >= 15 is 0 Å². The molecule has 1 saturated carbocycles. The van der Waals surface area contributed by atoms with Crippen LogP contribution in [0.15, 0.2) is 30.3 Å². The van der Waals surface area contributed by atoms with Gasteiger partial charge in [0.25, 0.3) is 0 Å². The Morgan fingerprint density at radius 3 is 2.32 bits per heavy atom. The van der Waals surface area contributed by atoms with E-state index in [-0.39, 0.29) is 0 Å². The van der Waals surface area contributed by atoms with Crippen molar-refractivity contribution < 1.29 is 13.2 Å². The number of aryl methyl sites for hydroxylation is 1. The Labute approximate surface area is 108 Å². The molecule has 1 fully saturated rings. The van der Waals surface area contributed by atoms with Crippen LogP contribution >= 0.6 is 0 Å². The highest BCUT2D eigenvalue weighted by atomic mass is 19.4. The van der Waals surface area contributed by atoms with Crippen LogP contribution in [0, 0.1) is 6.92 Å². The van der Waals surface area contributed by atoms with Crippen molar-refractivity contribution in [2.75, 3.05) is 0 Å². The molecule has 0 N–H and O–H groups in total. The Balaban J connectivity index is 1.93. The van der Waals surface area contributed by atoms with Crippen molar-refractivity contribution in [3.05, 3.63) is 47.3 Å². The fourth-order valence-corrected chi connectivity index (χ4v) is 2.13. The summed E-state index contributed by atoms with van der Waals surface area (Å²) in [6.07, 6.45) is -1.98. The van der Waals surface area contributed by atoms with Gasteiger partial charge in [-0.15, -0.1) is 0 Å². The average Bonchev–Trinajstić information content (AvgIpc) is 3.12. The number of hydrogen-bond acceptors (Lipinski definition) is 1. The number of hydrogen-bond donors (Lipinski definition) is 0. The zero-order valence-electron chi connectivity index (χ0n) is 10.4. The van der Waals surface area contributed by atoms with Crippen LogP contribution in [-0.4, -0.2) is 9.78 Å². The van der Waals surface area contributed by atoms with E-state index in [1.54, 1.807) is 4.68 Å². The second-order valence-corrected chi connectivity index (χ2v) is 4.94. The minimum Gasteiger partial charge on any atom is -0.238 e. The Morgan fingerprint density at radius 2 is 1.79 bits per heavy atom. The lowest BCUT2D eigenvalue weighted by atomic mass is 10.2. The van der Waals surface area contributed by atoms with E-state index in [9.17, 15) is 13.2 Å². The van der Waals surface area contributed by atoms with Crippen LogP contribution in [0.5, 0.6) is 0 Å². The van der Waals surface area contributed by atoms with Gasteiger partial charge in [0.1, 0.15) is 0 Å². The number of aromatic nitrogens is 2. The van der Waals surface area contributed by atoms with Crippen molar-refractivity contribution in [2.45, 2.75) is 31.9 Å². The largest absolute Gasteiger partial charge is 0.416 e. The van der Waals surface area contributed by atoms with E-state index < -0.39 is 11.7 Å². The van der Waals surface area contributed by atoms with E-state index in [0.29, 0.717) is 11.6 Å². The lowest BCUT2D eigenvalue weighted by Crippen LogP contribution is -2.05. The van der Waals surface area contributed by atoms with E-state index in [1.807, 2.05) is 13.0 Å². The Bertz CT molecular complexity index is 592. The molecule has 0 bridgehead atoms. The summed E-state index contributed by atoms with van der Waals surface area (Å²) in [4.78, 5) is 0. The van der Waals surface area contributed by atoms with Crippen LogP contribution < -0.4 is 0 Å². The molecular formula is C14H13F3N2. The Hall–Kier alpha value is -1.78. The maximum absolute atomic E-state index is 12.5. The van der Waals surface area contributed by atoms with E-state index in [0.717, 1.165) is 36.4 Å². The van der Waals surface area contributed by atoms with Gasteiger partial charge in [-0.3, -0.25) is 0 Å². The highest BCUT2D eigenvalue weighted by molar-refractivity contribution is 5.37. The molecule has 0 amide bonds. The summed E-state index contributed by atoms with van der Waals surface area (Å²) in [7, 11) is 0. The van der Waals surface area contributed by atoms with Crippen LogP contribution in [0.3, 0.4) is 0 Å². The predicted molar refractivity (Wildman–Crippen MR) is 65.3 cm³/mol. The van der Waals surface area contributed by atoms with Crippen molar-refractivity contribution >= 4 is 0 Å². The van der Waals surface area contributed by atoms with Crippen LogP contribution in [0.1, 0.15) is 35.7 Å². The SMILES string of the molecule is Cc1cc(C2CC2)nn1-c1ccc(C(F)(F)F)cc1. The molecule has 0 unspecified atom stereocenters. The summed E-state index contributed by atoms with van der Waals surface area (Å²) in [6.45, 7) is 1.91. The van der Waals surface area contributed by atoms with Crippen molar-refractivity contribution in [2.24, 2.45) is 0 Å². The van der Waals surface area contributed by atoms with E-state index in [1.165, 1.54) is 12.1 Å². The third-order valence-electron chi connectivity index (χ3n) is 3.34. The van der Waals surface area contributed by atoms with Crippen LogP contribution in [0.25, 0.3) is 5.69 Å². The zero-order valence-corrected chi connectivity index (χ0v) is 10.4. The summed E-state index contributed by atoms with van der Waals surface area (Å²) >= 11 is 0. The Kier molecular flexibility index (Phi) is 2.66. The molecule has 0 aliphatic heterocycles. The zero-order chi connectivity index (χ0) is 13.6. The van der Waals surface area contributed by atoms with Gasteiger partial charge in [-0.1, -0.05) is 0 Å². The highest BCUT2D eigenvalue weighted by Gasteiger charge is 2.30. The molecule has 1 aromatic carbocycles. The molecule has 0 radical (unpaired) electrons. The molecule has 0 saturated heterocycles. The monoisotopic (exact) mass is 266 g/mol. The van der Waals surface area contributed by atoms with Gasteiger partial charge >= 0.3 is 6.18 Å². The van der Waals surface area contributed by atoms with E-state index in [4.69, 9.17) is 0 Å². The summed E-state index contributed by atoms with van der Waals surface area (Å²) < 4.78 is 39.2. The van der Waals surface area contributed by atoms with Crippen molar-refractivity contribution in [1.82, 2.24) is 9.78 Å². The molecule has 1 heterocycles. The standard InChI is InChI=1S/C14H13F3N2/c1-9-8-13(10-2-3-10)18-19(9)12-6-4-11(5-7-12)14(15,16)17/h4-8,10H,2-3H2,1H3. The average molecular weight is 266 g/mol. The molecule has 2 nitrogen and oxygen atoms in total. The highest BCUT2D eigenvalue weighted by Crippen LogP contribution is 2.39. The third kappa shape index (κ3) is 2.37. The van der Waals surface area contributed by atoms with Crippen molar-refractivity contribution in [3.8, 4) is 5.69 Å². The lowest BCUT2D eigenvalue weighted by Gasteiger charge is -2.08.